The number of anilines is 1. The molecule has 1 heteroatoms. The molecule has 0 heterocycles. The van der Waals surface area contributed by atoms with E-state index in [4.69, 9.17) is 0 Å². The maximum Gasteiger partial charge on any atom is 0.0381 e. The van der Waals surface area contributed by atoms with E-state index < -0.39 is 0 Å². The summed E-state index contributed by atoms with van der Waals surface area (Å²) in [5, 5.41) is 3.48. The number of fused-ring (bicyclic) bond motifs is 1. The molecule has 1 nitrogen and oxygen atoms in total. The van der Waals surface area contributed by atoms with Crippen molar-refractivity contribution < 1.29 is 0 Å². The van der Waals surface area contributed by atoms with Gasteiger partial charge in [-0.1, -0.05) is 30.4 Å². The molecule has 1 saturated carbocycles. The summed E-state index contributed by atoms with van der Waals surface area (Å²) < 4.78 is 0. The van der Waals surface area contributed by atoms with Crippen molar-refractivity contribution in [1.29, 1.82) is 0 Å². The van der Waals surface area contributed by atoms with Gasteiger partial charge in [0.25, 0.3) is 0 Å². The van der Waals surface area contributed by atoms with Gasteiger partial charge in [0.15, 0.2) is 0 Å². The standard InChI is InChI=1S/C13H13N/c1-2-6-11(7-3-1)14-13-8-4-5-10-9-12(10)13/h1-8,10,12,14H,9H2. The van der Waals surface area contributed by atoms with Crippen molar-refractivity contribution >= 4 is 5.69 Å². The molecule has 2 unspecified atom stereocenters. The molecule has 2 aliphatic carbocycles. The van der Waals surface area contributed by atoms with Crippen LogP contribution in [0, 0.1) is 11.8 Å². The van der Waals surface area contributed by atoms with Crippen LogP contribution in [0.4, 0.5) is 5.69 Å². The van der Waals surface area contributed by atoms with Crippen molar-refractivity contribution in [3.05, 3.63) is 54.3 Å². The third kappa shape index (κ3) is 1.35. The summed E-state index contributed by atoms with van der Waals surface area (Å²) in [7, 11) is 0. The Hall–Kier alpha value is -1.50. The fraction of sp³-hybridized carbons (Fsp3) is 0.231. The molecule has 14 heavy (non-hydrogen) atoms. The molecule has 2 atom stereocenters. The zero-order valence-electron chi connectivity index (χ0n) is 7.98. The Morgan fingerprint density at radius 2 is 2.00 bits per heavy atom. The van der Waals surface area contributed by atoms with Gasteiger partial charge in [0.2, 0.25) is 0 Å². The Bertz CT molecular complexity index is 389. The van der Waals surface area contributed by atoms with Crippen LogP contribution in [0.2, 0.25) is 0 Å². The lowest BCUT2D eigenvalue weighted by Gasteiger charge is -2.11. The van der Waals surface area contributed by atoms with Crippen LogP contribution in [-0.2, 0) is 0 Å². The SMILES string of the molecule is C1=CC2CC2C(Nc2ccccc2)=C1. The van der Waals surface area contributed by atoms with Gasteiger partial charge in [-0.3, -0.25) is 0 Å². The van der Waals surface area contributed by atoms with Gasteiger partial charge in [-0.25, -0.2) is 0 Å². The molecule has 0 spiro atoms. The van der Waals surface area contributed by atoms with Gasteiger partial charge in [0.1, 0.15) is 0 Å². The molecule has 2 aliphatic rings. The number of rotatable bonds is 2. The Kier molecular flexibility index (Phi) is 1.69. The van der Waals surface area contributed by atoms with E-state index in [1.54, 1.807) is 0 Å². The summed E-state index contributed by atoms with van der Waals surface area (Å²) in [4.78, 5) is 0. The van der Waals surface area contributed by atoms with Crippen LogP contribution in [0.25, 0.3) is 0 Å². The van der Waals surface area contributed by atoms with Crippen LogP contribution >= 0.6 is 0 Å². The van der Waals surface area contributed by atoms with E-state index >= 15 is 0 Å². The molecule has 0 bridgehead atoms. The molecule has 0 aliphatic heterocycles. The smallest absolute Gasteiger partial charge is 0.0381 e. The number of hydrogen-bond donors (Lipinski definition) is 1. The highest BCUT2D eigenvalue weighted by Gasteiger charge is 2.39. The lowest BCUT2D eigenvalue weighted by atomic mass is 10.1. The van der Waals surface area contributed by atoms with Gasteiger partial charge in [0.05, 0.1) is 0 Å². The Labute approximate surface area is 84.1 Å². The predicted molar refractivity (Wildman–Crippen MR) is 58.9 cm³/mol. The van der Waals surface area contributed by atoms with E-state index in [2.05, 4.69) is 47.8 Å². The zero-order chi connectivity index (χ0) is 9.38. The second-order valence-corrected chi connectivity index (χ2v) is 4.00. The maximum atomic E-state index is 3.48. The molecule has 1 aromatic carbocycles. The quantitative estimate of drug-likeness (QED) is 0.742. The highest BCUT2D eigenvalue weighted by atomic mass is 14.9. The third-order valence-electron chi connectivity index (χ3n) is 2.94. The fourth-order valence-corrected chi connectivity index (χ4v) is 2.03. The number of benzene rings is 1. The van der Waals surface area contributed by atoms with E-state index in [0.29, 0.717) is 0 Å². The van der Waals surface area contributed by atoms with E-state index in [1.807, 2.05) is 6.07 Å². The molecule has 0 aromatic heterocycles. The molecule has 0 saturated heterocycles. The van der Waals surface area contributed by atoms with Gasteiger partial charge < -0.3 is 5.32 Å². The molecule has 3 rings (SSSR count). The molecule has 0 amide bonds. The largest absolute Gasteiger partial charge is 0.359 e. The summed E-state index contributed by atoms with van der Waals surface area (Å²) in [5.74, 6) is 1.58. The highest BCUT2D eigenvalue weighted by molar-refractivity contribution is 5.51. The van der Waals surface area contributed by atoms with Gasteiger partial charge in [-0.2, -0.15) is 0 Å². The predicted octanol–water partition coefficient (Wildman–Crippen LogP) is 3.19. The molecular weight excluding hydrogens is 170 g/mol. The van der Waals surface area contributed by atoms with Gasteiger partial charge in [-0.05, 0) is 30.5 Å². The average molecular weight is 183 g/mol. The minimum Gasteiger partial charge on any atom is -0.359 e. The van der Waals surface area contributed by atoms with Crippen molar-refractivity contribution in [2.75, 3.05) is 5.32 Å². The maximum absolute atomic E-state index is 3.48. The first-order valence-electron chi connectivity index (χ1n) is 5.14. The topological polar surface area (TPSA) is 12.0 Å². The normalized spacial score (nSPS) is 27.9. The van der Waals surface area contributed by atoms with Crippen molar-refractivity contribution in [2.24, 2.45) is 11.8 Å². The van der Waals surface area contributed by atoms with Crippen LogP contribution in [0.15, 0.2) is 54.3 Å². The van der Waals surface area contributed by atoms with E-state index in [9.17, 15) is 0 Å². The second kappa shape index (κ2) is 3.02. The van der Waals surface area contributed by atoms with Crippen LogP contribution < -0.4 is 5.32 Å². The van der Waals surface area contributed by atoms with Gasteiger partial charge >= 0.3 is 0 Å². The zero-order valence-corrected chi connectivity index (χ0v) is 7.98. The average Bonchev–Trinajstić information content (AvgIpc) is 2.99. The number of nitrogens with one attached hydrogen (secondary N) is 1. The highest BCUT2D eigenvalue weighted by Crippen LogP contribution is 2.47. The Balaban J connectivity index is 1.79. The summed E-state index contributed by atoms with van der Waals surface area (Å²) in [6.07, 6.45) is 7.99. The molecule has 1 N–H and O–H groups in total. The number of para-hydroxylation sites is 1. The first-order valence-corrected chi connectivity index (χ1v) is 5.14. The van der Waals surface area contributed by atoms with E-state index in [1.165, 1.54) is 17.8 Å². The molecule has 1 aromatic rings. The molecule has 70 valence electrons. The van der Waals surface area contributed by atoms with Crippen LogP contribution in [0.1, 0.15) is 6.42 Å². The lowest BCUT2D eigenvalue weighted by Crippen LogP contribution is -2.03. The van der Waals surface area contributed by atoms with Crippen LogP contribution in [0.3, 0.4) is 0 Å². The van der Waals surface area contributed by atoms with Crippen molar-refractivity contribution in [3.63, 3.8) is 0 Å². The van der Waals surface area contributed by atoms with E-state index in [-0.39, 0.29) is 0 Å². The summed E-state index contributed by atoms with van der Waals surface area (Å²) in [6, 6.07) is 10.4. The van der Waals surface area contributed by atoms with E-state index in [0.717, 1.165) is 11.8 Å². The fourth-order valence-electron chi connectivity index (χ4n) is 2.03. The molecule has 0 radical (unpaired) electrons. The lowest BCUT2D eigenvalue weighted by molar-refractivity contribution is 0.915. The Morgan fingerprint density at radius 1 is 1.14 bits per heavy atom. The first-order chi connectivity index (χ1) is 6.93. The van der Waals surface area contributed by atoms with Crippen molar-refractivity contribution in [2.45, 2.75) is 6.42 Å². The molecule has 1 fully saturated rings. The molecular formula is C13H13N. The number of allylic oxidation sites excluding steroid dienone is 4. The summed E-state index contributed by atoms with van der Waals surface area (Å²) in [5.41, 5.74) is 2.57. The minimum absolute atomic E-state index is 0.764. The minimum atomic E-state index is 0.764. The second-order valence-electron chi connectivity index (χ2n) is 4.00. The van der Waals surface area contributed by atoms with Crippen molar-refractivity contribution in [1.82, 2.24) is 0 Å². The van der Waals surface area contributed by atoms with Crippen molar-refractivity contribution in [3.8, 4) is 0 Å². The monoisotopic (exact) mass is 183 g/mol. The van der Waals surface area contributed by atoms with Gasteiger partial charge in [0, 0.05) is 17.3 Å². The summed E-state index contributed by atoms with van der Waals surface area (Å²) in [6.45, 7) is 0. The third-order valence-corrected chi connectivity index (χ3v) is 2.94. The summed E-state index contributed by atoms with van der Waals surface area (Å²) >= 11 is 0. The number of hydrogen-bond acceptors (Lipinski definition) is 1. The van der Waals surface area contributed by atoms with Crippen LogP contribution in [0.5, 0.6) is 0 Å². The Morgan fingerprint density at radius 3 is 2.86 bits per heavy atom. The van der Waals surface area contributed by atoms with Gasteiger partial charge in [-0.15, -0.1) is 0 Å². The first kappa shape index (κ1) is 7.86. The van der Waals surface area contributed by atoms with Crippen LogP contribution in [-0.4, -0.2) is 0 Å².